The lowest BCUT2D eigenvalue weighted by Crippen LogP contribution is -2.46. The number of rotatable bonds is 5. The van der Waals surface area contributed by atoms with Gasteiger partial charge in [-0.1, -0.05) is 12.1 Å². The number of nitrogens with zero attached hydrogens (tertiary/aromatic N) is 1. The first-order valence-corrected chi connectivity index (χ1v) is 7.54. The molecule has 0 spiro atoms. The summed E-state index contributed by atoms with van der Waals surface area (Å²) >= 11 is 0. The third-order valence-electron chi connectivity index (χ3n) is 3.86. The van der Waals surface area contributed by atoms with E-state index in [9.17, 15) is 9.18 Å². The van der Waals surface area contributed by atoms with Crippen LogP contribution >= 0.6 is 0 Å². The number of hydrogen-bond acceptors (Lipinski definition) is 3. The number of halogens is 1. The van der Waals surface area contributed by atoms with Crippen molar-refractivity contribution in [1.29, 1.82) is 0 Å². The molecule has 1 fully saturated rings. The Morgan fingerprint density at radius 2 is 2.00 bits per heavy atom. The van der Waals surface area contributed by atoms with E-state index in [1.807, 2.05) is 6.92 Å². The molecule has 116 valence electrons. The molecule has 1 heterocycles. The van der Waals surface area contributed by atoms with Gasteiger partial charge in [0.2, 0.25) is 5.91 Å². The summed E-state index contributed by atoms with van der Waals surface area (Å²) in [4.78, 5) is 14.1. The lowest BCUT2D eigenvalue weighted by Gasteiger charge is -2.29. The number of carbonyl (C=O) groups is 1. The van der Waals surface area contributed by atoms with Gasteiger partial charge in [0.15, 0.2) is 0 Å². The molecule has 3 N–H and O–H groups in total. The summed E-state index contributed by atoms with van der Waals surface area (Å²) in [5, 5.41) is 3.00. The van der Waals surface area contributed by atoms with Crippen molar-refractivity contribution >= 4 is 5.91 Å². The number of amides is 1. The first kappa shape index (κ1) is 15.9. The first-order chi connectivity index (χ1) is 10.0. The summed E-state index contributed by atoms with van der Waals surface area (Å²) in [6.07, 6.45) is 2.62. The second-order valence-corrected chi connectivity index (χ2v) is 5.91. The molecule has 1 saturated heterocycles. The predicted molar refractivity (Wildman–Crippen MR) is 81.4 cm³/mol. The number of nitrogens with one attached hydrogen (secondary N) is 1. The van der Waals surface area contributed by atoms with E-state index in [0.29, 0.717) is 13.0 Å². The highest BCUT2D eigenvalue weighted by atomic mass is 19.1. The van der Waals surface area contributed by atoms with Crippen LogP contribution in [0, 0.1) is 5.82 Å². The van der Waals surface area contributed by atoms with Gasteiger partial charge in [0.05, 0.1) is 6.54 Å². The summed E-state index contributed by atoms with van der Waals surface area (Å²) in [6, 6.07) is 6.71. The second kappa shape index (κ2) is 7.52. The van der Waals surface area contributed by atoms with Crippen LogP contribution in [0.3, 0.4) is 0 Å². The average Bonchev–Trinajstić information content (AvgIpc) is 2.44. The molecule has 1 aliphatic heterocycles. The number of hydrogen-bond donors (Lipinski definition) is 2. The molecule has 21 heavy (non-hydrogen) atoms. The molecular formula is C16H24FN3O. The Bertz CT molecular complexity index is 455. The van der Waals surface area contributed by atoms with Crippen LogP contribution in [0.25, 0.3) is 0 Å². The lowest BCUT2D eigenvalue weighted by molar-refractivity contribution is -0.123. The fraction of sp³-hybridized carbons (Fsp3) is 0.562. The van der Waals surface area contributed by atoms with E-state index >= 15 is 0 Å². The van der Waals surface area contributed by atoms with Gasteiger partial charge in [-0.25, -0.2) is 4.39 Å². The van der Waals surface area contributed by atoms with Crippen molar-refractivity contribution in [2.75, 3.05) is 19.6 Å². The number of carbonyl (C=O) groups excluding carboxylic acids is 1. The highest BCUT2D eigenvalue weighted by Gasteiger charge is 2.18. The zero-order valence-electron chi connectivity index (χ0n) is 12.5. The van der Waals surface area contributed by atoms with Crippen LogP contribution in [0.5, 0.6) is 0 Å². The SMILES string of the molecule is CC(Cc1ccc(F)cc1)NC(=O)CN1CCC(N)CC1. The Kier molecular flexibility index (Phi) is 5.70. The molecule has 2 rings (SSSR count). The van der Waals surface area contributed by atoms with Gasteiger partial charge >= 0.3 is 0 Å². The predicted octanol–water partition coefficient (Wildman–Crippen LogP) is 1.30. The monoisotopic (exact) mass is 293 g/mol. The molecule has 1 aromatic carbocycles. The van der Waals surface area contributed by atoms with Crippen molar-refractivity contribution in [2.24, 2.45) is 5.73 Å². The van der Waals surface area contributed by atoms with E-state index in [-0.39, 0.29) is 23.8 Å². The fourth-order valence-electron chi connectivity index (χ4n) is 2.66. The van der Waals surface area contributed by atoms with Crippen molar-refractivity contribution in [3.63, 3.8) is 0 Å². The van der Waals surface area contributed by atoms with Gasteiger partial charge in [0, 0.05) is 25.2 Å². The molecule has 1 aliphatic rings. The number of likely N-dealkylation sites (tertiary alicyclic amines) is 1. The number of piperidine rings is 1. The lowest BCUT2D eigenvalue weighted by atomic mass is 10.1. The smallest absolute Gasteiger partial charge is 0.234 e. The minimum atomic E-state index is -0.237. The number of benzene rings is 1. The van der Waals surface area contributed by atoms with E-state index in [2.05, 4.69) is 10.2 Å². The van der Waals surface area contributed by atoms with E-state index in [0.717, 1.165) is 31.5 Å². The van der Waals surface area contributed by atoms with Crippen LogP contribution in [0.4, 0.5) is 4.39 Å². The van der Waals surface area contributed by atoms with Gasteiger partial charge in [-0.3, -0.25) is 9.69 Å². The zero-order valence-corrected chi connectivity index (χ0v) is 12.5. The standard InChI is InChI=1S/C16H24FN3O/c1-12(10-13-2-4-14(17)5-3-13)19-16(21)11-20-8-6-15(18)7-9-20/h2-5,12,15H,6-11,18H2,1H3,(H,19,21). The van der Waals surface area contributed by atoms with Crippen molar-refractivity contribution in [2.45, 2.75) is 38.3 Å². The van der Waals surface area contributed by atoms with Crippen LogP contribution in [0.15, 0.2) is 24.3 Å². The van der Waals surface area contributed by atoms with Crippen LogP contribution in [0.1, 0.15) is 25.3 Å². The molecule has 1 aromatic rings. The van der Waals surface area contributed by atoms with Crippen molar-refractivity contribution < 1.29 is 9.18 Å². The summed E-state index contributed by atoms with van der Waals surface area (Å²) < 4.78 is 12.8. The van der Waals surface area contributed by atoms with Crippen LogP contribution in [-0.2, 0) is 11.2 Å². The summed E-state index contributed by atoms with van der Waals surface area (Å²) in [7, 11) is 0. The molecule has 0 aliphatic carbocycles. The summed E-state index contributed by atoms with van der Waals surface area (Å²) in [5.74, 6) is -0.196. The topological polar surface area (TPSA) is 58.4 Å². The molecule has 1 unspecified atom stereocenters. The van der Waals surface area contributed by atoms with Crippen LogP contribution in [-0.4, -0.2) is 42.5 Å². The normalized spacial score (nSPS) is 18.4. The van der Waals surface area contributed by atoms with Gasteiger partial charge in [-0.15, -0.1) is 0 Å². The van der Waals surface area contributed by atoms with Crippen LogP contribution in [0.2, 0.25) is 0 Å². The molecule has 1 atom stereocenters. The maximum atomic E-state index is 12.8. The molecular weight excluding hydrogens is 269 g/mol. The second-order valence-electron chi connectivity index (χ2n) is 5.91. The van der Waals surface area contributed by atoms with Gasteiger partial charge < -0.3 is 11.1 Å². The quantitative estimate of drug-likeness (QED) is 0.860. The number of nitrogens with two attached hydrogens (primary N) is 1. The van der Waals surface area contributed by atoms with E-state index < -0.39 is 0 Å². The highest BCUT2D eigenvalue weighted by Crippen LogP contribution is 2.08. The van der Waals surface area contributed by atoms with E-state index in [4.69, 9.17) is 5.73 Å². The van der Waals surface area contributed by atoms with Crippen LogP contribution < -0.4 is 11.1 Å². The maximum absolute atomic E-state index is 12.8. The van der Waals surface area contributed by atoms with Gasteiger partial charge in [-0.05, 0) is 43.9 Å². The van der Waals surface area contributed by atoms with E-state index in [1.54, 1.807) is 12.1 Å². The zero-order chi connectivity index (χ0) is 15.2. The fourth-order valence-corrected chi connectivity index (χ4v) is 2.66. The Hall–Kier alpha value is -1.46. The average molecular weight is 293 g/mol. The summed E-state index contributed by atoms with van der Waals surface area (Å²) in [5.41, 5.74) is 6.87. The summed E-state index contributed by atoms with van der Waals surface area (Å²) in [6.45, 7) is 4.18. The minimum absolute atomic E-state index is 0.0370. The van der Waals surface area contributed by atoms with Gasteiger partial charge in [0.25, 0.3) is 0 Å². The third-order valence-corrected chi connectivity index (χ3v) is 3.86. The van der Waals surface area contributed by atoms with Crippen molar-refractivity contribution in [3.05, 3.63) is 35.6 Å². The largest absolute Gasteiger partial charge is 0.352 e. The Morgan fingerprint density at radius 3 is 2.62 bits per heavy atom. The van der Waals surface area contributed by atoms with Gasteiger partial charge in [0.1, 0.15) is 5.82 Å². The molecule has 0 saturated carbocycles. The van der Waals surface area contributed by atoms with Crippen molar-refractivity contribution in [1.82, 2.24) is 10.2 Å². The van der Waals surface area contributed by atoms with Crippen molar-refractivity contribution in [3.8, 4) is 0 Å². The molecule has 0 radical (unpaired) electrons. The molecule has 0 bridgehead atoms. The molecule has 4 nitrogen and oxygen atoms in total. The Labute approximate surface area is 125 Å². The highest BCUT2D eigenvalue weighted by molar-refractivity contribution is 5.78. The van der Waals surface area contributed by atoms with Gasteiger partial charge in [-0.2, -0.15) is 0 Å². The Morgan fingerprint density at radius 1 is 1.38 bits per heavy atom. The van der Waals surface area contributed by atoms with E-state index in [1.165, 1.54) is 12.1 Å². The maximum Gasteiger partial charge on any atom is 0.234 e. The third kappa shape index (κ3) is 5.44. The molecule has 1 amide bonds. The Balaban J connectivity index is 1.73. The molecule has 0 aromatic heterocycles. The minimum Gasteiger partial charge on any atom is -0.352 e. The first-order valence-electron chi connectivity index (χ1n) is 7.54. The molecule has 5 heteroatoms.